The van der Waals surface area contributed by atoms with Gasteiger partial charge in [0.25, 0.3) is 0 Å². The Labute approximate surface area is 244 Å². The maximum absolute atomic E-state index is 14.2. The number of ether oxygens (including phenoxy) is 2. The molecule has 10 heteroatoms. The molecule has 1 saturated heterocycles. The van der Waals surface area contributed by atoms with Gasteiger partial charge >= 0.3 is 0 Å². The molecule has 216 valence electrons. The van der Waals surface area contributed by atoms with Gasteiger partial charge in [-0.25, -0.2) is 14.4 Å². The van der Waals surface area contributed by atoms with Gasteiger partial charge in [-0.05, 0) is 74.0 Å². The van der Waals surface area contributed by atoms with Crippen molar-refractivity contribution in [3.05, 3.63) is 88.7 Å². The van der Waals surface area contributed by atoms with Crippen molar-refractivity contribution >= 4 is 29.3 Å². The van der Waals surface area contributed by atoms with E-state index >= 15 is 0 Å². The molecule has 4 aromatic rings. The smallest absolute Gasteiger partial charge is 0.227 e. The van der Waals surface area contributed by atoms with E-state index in [1.54, 1.807) is 19.2 Å². The van der Waals surface area contributed by atoms with E-state index in [2.05, 4.69) is 43.7 Å². The Morgan fingerprint density at radius 3 is 2.66 bits per heavy atom. The number of hydrogen-bond acceptors (Lipinski definition) is 9. The summed E-state index contributed by atoms with van der Waals surface area (Å²) in [5.74, 6) is 0.715. The number of aryl methyl sites for hydroxylation is 1. The number of hydrogen-bond donors (Lipinski definition) is 2. The Hall–Kier alpha value is -3.70. The molecule has 8 nitrogen and oxygen atoms in total. The number of nitrogens with one attached hydrogen (secondary N) is 2. The van der Waals surface area contributed by atoms with E-state index < -0.39 is 5.82 Å². The first-order valence-corrected chi connectivity index (χ1v) is 14.4. The molecule has 0 saturated carbocycles. The second kappa shape index (κ2) is 15.9. The van der Waals surface area contributed by atoms with Gasteiger partial charge in [0.05, 0.1) is 36.3 Å². The fraction of sp³-hybridized carbons (Fsp3) is 0.323. The molecule has 2 aromatic carbocycles. The van der Waals surface area contributed by atoms with Crippen LogP contribution in [0.2, 0.25) is 0 Å². The molecule has 2 aromatic heterocycles. The second-order valence-corrected chi connectivity index (χ2v) is 10.6. The third kappa shape index (κ3) is 9.43. The highest BCUT2D eigenvalue weighted by Crippen LogP contribution is 2.29. The van der Waals surface area contributed by atoms with E-state index in [1.165, 1.54) is 22.5 Å². The molecule has 41 heavy (non-hydrogen) atoms. The van der Waals surface area contributed by atoms with Gasteiger partial charge < -0.3 is 20.1 Å². The summed E-state index contributed by atoms with van der Waals surface area (Å²) >= 11 is 1.20. The van der Waals surface area contributed by atoms with Crippen molar-refractivity contribution in [2.45, 2.75) is 19.4 Å². The number of anilines is 2. The Bertz CT molecular complexity index is 1390. The first-order chi connectivity index (χ1) is 20.1. The predicted octanol–water partition coefficient (Wildman–Crippen LogP) is 5.58. The fourth-order valence-electron chi connectivity index (χ4n) is 4.40. The van der Waals surface area contributed by atoms with Crippen molar-refractivity contribution in [3.63, 3.8) is 0 Å². The summed E-state index contributed by atoms with van der Waals surface area (Å²) in [5, 5.41) is 6.24. The van der Waals surface area contributed by atoms with Crippen LogP contribution in [0.5, 0.6) is 5.75 Å². The Morgan fingerprint density at radius 2 is 1.90 bits per heavy atom. The van der Waals surface area contributed by atoms with Crippen molar-refractivity contribution in [3.8, 4) is 16.3 Å². The molecule has 1 aliphatic rings. The first kappa shape index (κ1) is 30.3. The maximum Gasteiger partial charge on any atom is 0.227 e. The van der Waals surface area contributed by atoms with E-state index in [0.29, 0.717) is 15.7 Å². The summed E-state index contributed by atoms with van der Waals surface area (Å²) in [6, 6.07) is 19.5. The Morgan fingerprint density at radius 1 is 1.10 bits per heavy atom. The van der Waals surface area contributed by atoms with Crippen LogP contribution in [-0.4, -0.2) is 68.2 Å². The Kier molecular flexibility index (Phi) is 11.8. The number of benzene rings is 2. The molecule has 2 N–H and O–H groups in total. The SMILES string of the molecule is CNCc1cccc(OC)c1.O=Cc1ccc(-c2nc(Nc3cccc(CCCN4CCOCC4)c3)ncc2F)s1. The lowest BCUT2D eigenvalue weighted by atomic mass is 10.1. The zero-order chi connectivity index (χ0) is 28.9. The third-order valence-electron chi connectivity index (χ3n) is 6.46. The normalized spacial score (nSPS) is 13.2. The van der Waals surface area contributed by atoms with Gasteiger partial charge in [0.15, 0.2) is 12.1 Å². The minimum Gasteiger partial charge on any atom is -0.497 e. The molecular weight excluding hydrogens is 541 g/mol. The van der Waals surface area contributed by atoms with Crippen LogP contribution in [0.15, 0.2) is 66.9 Å². The highest BCUT2D eigenvalue weighted by molar-refractivity contribution is 7.17. The van der Waals surface area contributed by atoms with Crippen molar-refractivity contribution in [2.24, 2.45) is 0 Å². The van der Waals surface area contributed by atoms with Crippen molar-refractivity contribution in [2.75, 3.05) is 52.3 Å². The van der Waals surface area contributed by atoms with Gasteiger partial charge in [-0.15, -0.1) is 11.3 Å². The number of carbonyl (C=O) groups is 1. The predicted molar refractivity (Wildman–Crippen MR) is 162 cm³/mol. The molecule has 1 aliphatic heterocycles. The van der Waals surface area contributed by atoms with Crippen LogP contribution in [-0.2, 0) is 17.7 Å². The molecule has 0 radical (unpaired) electrons. The van der Waals surface area contributed by atoms with Crippen molar-refractivity contribution in [1.82, 2.24) is 20.2 Å². The molecule has 0 bridgehead atoms. The van der Waals surface area contributed by atoms with Gasteiger partial charge in [-0.3, -0.25) is 9.69 Å². The lowest BCUT2D eigenvalue weighted by Gasteiger charge is -2.26. The topological polar surface area (TPSA) is 88.6 Å². The van der Waals surface area contributed by atoms with Gasteiger partial charge in [0, 0.05) is 25.3 Å². The fourth-order valence-corrected chi connectivity index (χ4v) is 5.21. The summed E-state index contributed by atoms with van der Waals surface area (Å²) in [7, 11) is 3.61. The van der Waals surface area contributed by atoms with Crippen LogP contribution in [0.25, 0.3) is 10.6 Å². The largest absolute Gasteiger partial charge is 0.497 e. The highest BCUT2D eigenvalue weighted by Gasteiger charge is 2.13. The molecule has 5 rings (SSSR count). The van der Waals surface area contributed by atoms with Crippen LogP contribution in [0.4, 0.5) is 16.0 Å². The number of aldehydes is 1. The van der Waals surface area contributed by atoms with Crippen LogP contribution < -0.4 is 15.4 Å². The van der Waals surface area contributed by atoms with E-state index in [9.17, 15) is 9.18 Å². The Balaban J connectivity index is 0.000000296. The number of halogens is 1. The number of morpholine rings is 1. The number of rotatable bonds is 11. The van der Waals surface area contributed by atoms with E-state index in [-0.39, 0.29) is 5.69 Å². The number of thiophene rings is 1. The van der Waals surface area contributed by atoms with Gasteiger partial charge in [-0.1, -0.05) is 24.3 Å². The number of carbonyl (C=O) groups excluding carboxylic acids is 1. The molecular formula is C31H36FN5O3S. The number of nitrogens with zero attached hydrogens (tertiary/aromatic N) is 3. The molecule has 0 amide bonds. The number of aromatic nitrogens is 2. The molecule has 0 unspecified atom stereocenters. The lowest BCUT2D eigenvalue weighted by molar-refractivity contribution is 0.0375. The molecule has 1 fully saturated rings. The van der Waals surface area contributed by atoms with Gasteiger partial charge in [0.2, 0.25) is 5.95 Å². The number of methoxy groups -OCH3 is 1. The lowest BCUT2D eigenvalue weighted by Crippen LogP contribution is -2.36. The van der Waals surface area contributed by atoms with Crippen molar-refractivity contribution in [1.29, 1.82) is 0 Å². The minimum absolute atomic E-state index is 0.187. The van der Waals surface area contributed by atoms with Gasteiger partial charge in [0.1, 0.15) is 11.4 Å². The van der Waals surface area contributed by atoms with Crippen molar-refractivity contribution < 1.29 is 18.7 Å². The van der Waals surface area contributed by atoms with Crippen LogP contribution in [0.3, 0.4) is 0 Å². The standard InChI is InChI=1S/C22H23FN4O2S.C9H13NO/c23-19-14-24-22(26-21(19)20-7-6-18(15-28)30-20)25-17-5-1-3-16(13-17)4-2-8-27-9-11-29-12-10-27;1-10-7-8-4-3-5-9(6-8)11-2/h1,3,5-7,13-15H,2,4,8-12H2,(H,24,25,26);3-6,10H,7H2,1-2H3. The summed E-state index contributed by atoms with van der Waals surface area (Å²) in [5.41, 5.74) is 3.51. The maximum atomic E-state index is 14.2. The zero-order valence-electron chi connectivity index (χ0n) is 23.4. The van der Waals surface area contributed by atoms with Gasteiger partial charge in [-0.2, -0.15) is 0 Å². The molecule has 0 aliphatic carbocycles. The monoisotopic (exact) mass is 577 g/mol. The molecule has 0 spiro atoms. The average Bonchev–Trinajstić information content (AvgIpc) is 3.49. The van der Waals surface area contributed by atoms with Crippen LogP contribution in [0, 0.1) is 5.82 Å². The van der Waals surface area contributed by atoms with Crippen LogP contribution >= 0.6 is 11.3 Å². The second-order valence-electron chi connectivity index (χ2n) is 9.47. The minimum atomic E-state index is -0.517. The summed E-state index contributed by atoms with van der Waals surface area (Å²) < 4.78 is 24.7. The third-order valence-corrected chi connectivity index (χ3v) is 7.48. The quantitative estimate of drug-likeness (QED) is 0.224. The highest BCUT2D eigenvalue weighted by atomic mass is 32.1. The average molecular weight is 578 g/mol. The molecule has 0 atom stereocenters. The summed E-state index contributed by atoms with van der Waals surface area (Å²) in [6.07, 6.45) is 3.96. The zero-order valence-corrected chi connectivity index (χ0v) is 24.3. The van der Waals surface area contributed by atoms with Crippen LogP contribution in [0.1, 0.15) is 27.2 Å². The first-order valence-electron chi connectivity index (χ1n) is 13.6. The summed E-state index contributed by atoms with van der Waals surface area (Å²) in [6.45, 7) is 5.60. The van der Waals surface area contributed by atoms with E-state index in [0.717, 1.165) is 76.2 Å². The van der Waals surface area contributed by atoms with E-state index in [4.69, 9.17) is 9.47 Å². The molecule has 3 heterocycles. The van der Waals surface area contributed by atoms with E-state index in [1.807, 2.05) is 37.4 Å². The summed E-state index contributed by atoms with van der Waals surface area (Å²) in [4.78, 5) is 22.8.